The van der Waals surface area contributed by atoms with Gasteiger partial charge in [-0.3, -0.25) is 4.40 Å². The normalized spacial score (nSPS) is 11.3. The lowest BCUT2D eigenvalue weighted by atomic mass is 10.2. The standard InChI is InChI=1S/C13H9BrN6S/c14-8-10-12(15-13-19(10)6-7-21-13)20-17-11(16-18-20)9-4-2-1-3-5-9/h1-7H,8H2. The predicted molar refractivity (Wildman–Crippen MR) is 83.8 cm³/mol. The van der Waals surface area contributed by atoms with Crippen LogP contribution in [0.4, 0.5) is 0 Å². The first-order valence-electron chi connectivity index (χ1n) is 6.23. The number of fused-ring (bicyclic) bond motifs is 1. The van der Waals surface area contributed by atoms with Crippen LogP contribution >= 0.6 is 27.3 Å². The van der Waals surface area contributed by atoms with Gasteiger partial charge in [0, 0.05) is 22.5 Å². The molecule has 0 atom stereocenters. The van der Waals surface area contributed by atoms with Crippen LogP contribution in [0.2, 0.25) is 0 Å². The van der Waals surface area contributed by atoms with Gasteiger partial charge in [-0.15, -0.1) is 26.3 Å². The lowest BCUT2D eigenvalue weighted by molar-refractivity contribution is 0.699. The zero-order valence-corrected chi connectivity index (χ0v) is 13.1. The number of imidazole rings is 1. The Morgan fingerprint density at radius 1 is 1.19 bits per heavy atom. The summed E-state index contributed by atoms with van der Waals surface area (Å²) in [7, 11) is 0. The zero-order chi connectivity index (χ0) is 14.2. The molecule has 3 aromatic heterocycles. The molecule has 8 heteroatoms. The second-order valence-corrected chi connectivity index (χ2v) is 5.77. The van der Waals surface area contributed by atoms with E-state index >= 15 is 0 Å². The van der Waals surface area contributed by atoms with E-state index in [1.807, 2.05) is 46.3 Å². The maximum absolute atomic E-state index is 4.57. The average Bonchev–Trinajstić information content (AvgIpc) is 3.22. The highest BCUT2D eigenvalue weighted by molar-refractivity contribution is 9.08. The minimum absolute atomic E-state index is 0.590. The Balaban J connectivity index is 1.82. The highest BCUT2D eigenvalue weighted by atomic mass is 79.9. The van der Waals surface area contributed by atoms with Crippen molar-refractivity contribution in [3.8, 4) is 17.2 Å². The van der Waals surface area contributed by atoms with Gasteiger partial charge in [-0.1, -0.05) is 46.3 Å². The fourth-order valence-corrected chi connectivity index (χ4v) is 3.36. The molecule has 6 nitrogen and oxygen atoms in total. The minimum atomic E-state index is 0.590. The van der Waals surface area contributed by atoms with Gasteiger partial charge >= 0.3 is 0 Å². The summed E-state index contributed by atoms with van der Waals surface area (Å²) < 4.78 is 2.03. The van der Waals surface area contributed by atoms with Gasteiger partial charge in [-0.25, -0.2) is 0 Å². The van der Waals surface area contributed by atoms with Crippen LogP contribution in [0.3, 0.4) is 0 Å². The molecular formula is C13H9BrN6S. The summed E-state index contributed by atoms with van der Waals surface area (Å²) in [5.41, 5.74) is 1.94. The van der Waals surface area contributed by atoms with Gasteiger partial charge in [0.05, 0.1) is 5.69 Å². The molecule has 0 spiro atoms. The molecule has 0 aliphatic carbocycles. The number of aromatic nitrogens is 6. The molecule has 0 bridgehead atoms. The number of thiazole rings is 1. The van der Waals surface area contributed by atoms with E-state index in [-0.39, 0.29) is 0 Å². The van der Waals surface area contributed by atoms with Crippen LogP contribution in [0.1, 0.15) is 5.69 Å². The Morgan fingerprint density at radius 2 is 2.05 bits per heavy atom. The molecule has 21 heavy (non-hydrogen) atoms. The Morgan fingerprint density at radius 3 is 2.86 bits per heavy atom. The Bertz CT molecular complexity index is 894. The largest absolute Gasteiger partial charge is 0.291 e. The lowest BCUT2D eigenvalue weighted by Crippen LogP contribution is -2.03. The van der Waals surface area contributed by atoms with Crippen LogP contribution in [0.25, 0.3) is 22.2 Å². The molecule has 0 saturated carbocycles. The number of alkyl halides is 1. The third kappa shape index (κ3) is 2.07. The van der Waals surface area contributed by atoms with Crippen LogP contribution in [0.5, 0.6) is 0 Å². The molecule has 1 aromatic carbocycles. The smallest absolute Gasteiger partial charge is 0.205 e. The monoisotopic (exact) mass is 360 g/mol. The summed E-state index contributed by atoms with van der Waals surface area (Å²) >= 11 is 5.07. The summed E-state index contributed by atoms with van der Waals surface area (Å²) in [6.07, 6.45) is 1.99. The fraction of sp³-hybridized carbons (Fsp3) is 0.0769. The molecule has 0 N–H and O–H groups in total. The van der Waals surface area contributed by atoms with E-state index < -0.39 is 0 Å². The van der Waals surface area contributed by atoms with Crippen molar-refractivity contribution in [1.82, 2.24) is 29.6 Å². The predicted octanol–water partition coefficient (Wildman–Crippen LogP) is 2.93. The Kier molecular flexibility index (Phi) is 3.04. The Hall–Kier alpha value is -2.06. The van der Waals surface area contributed by atoms with Gasteiger partial charge in [0.25, 0.3) is 0 Å². The van der Waals surface area contributed by atoms with Crippen molar-refractivity contribution >= 4 is 32.2 Å². The van der Waals surface area contributed by atoms with Crippen molar-refractivity contribution in [3.63, 3.8) is 0 Å². The van der Waals surface area contributed by atoms with Gasteiger partial charge in [0.15, 0.2) is 10.8 Å². The third-order valence-electron chi connectivity index (χ3n) is 3.10. The first-order valence-corrected chi connectivity index (χ1v) is 8.23. The summed E-state index contributed by atoms with van der Waals surface area (Å²) in [5, 5.41) is 15.4. The molecular weight excluding hydrogens is 352 g/mol. The summed E-state index contributed by atoms with van der Waals surface area (Å²) in [5.74, 6) is 1.29. The van der Waals surface area contributed by atoms with Crippen LogP contribution in [0, 0.1) is 0 Å². The van der Waals surface area contributed by atoms with E-state index in [9.17, 15) is 0 Å². The van der Waals surface area contributed by atoms with Gasteiger partial charge in [-0.05, 0) is 5.21 Å². The van der Waals surface area contributed by atoms with Crippen molar-refractivity contribution in [3.05, 3.63) is 47.6 Å². The maximum Gasteiger partial charge on any atom is 0.205 e. The lowest BCUT2D eigenvalue weighted by Gasteiger charge is -1.97. The van der Waals surface area contributed by atoms with Crippen LogP contribution < -0.4 is 0 Å². The number of rotatable bonds is 3. The number of benzene rings is 1. The van der Waals surface area contributed by atoms with Gasteiger partial charge in [0.1, 0.15) is 0 Å². The average molecular weight is 361 g/mol. The SMILES string of the molecule is BrCc1c(-n2nnc(-c3ccccc3)n2)nc2sccn12. The summed E-state index contributed by atoms with van der Waals surface area (Å²) in [6, 6.07) is 9.77. The quantitative estimate of drug-likeness (QED) is 0.527. The molecule has 0 radical (unpaired) electrons. The number of hydrogen-bond donors (Lipinski definition) is 0. The zero-order valence-electron chi connectivity index (χ0n) is 10.7. The van der Waals surface area contributed by atoms with Crippen molar-refractivity contribution in [2.45, 2.75) is 5.33 Å². The first-order chi connectivity index (χ1) is 10.4. The summed E-state index contributed by atoms with van der Waals surface area (Å²) in [6.45, 7) is 0. The highest BCUT2D eigenvalue weighted by Gasteiger charge is 2.17. The molecule has 0 unspecified atom stereocenters. The molecule has 0 aliphatic rings. The molecule has 104 valence electrons. The highest BCUT2D eigenvalue weighted by Crippen LogP contribution is 2.22. The van der Waals surface area contributed by atoms with Crippen LogP contribution in [0.15, 0.2) is 41.9 Å². The van der Waals surface area contributed by atoms with Crippen molar-refractivity contribution < 1.29 is 0 Å². The van der Waals surface area contributed by atoms with E-state index in [2.05, 4.69) is 36.3 Å². The topological polar surface area (TPSA) is 60.9 Å². The van der Waals surface area contributed by atoms with Crippen LogP contribution in [-0.4, -0.2) is 29.6 Å². The van der Waals surface area contributed by atoms with E-state index in [0.717, 1.165) is 16.2 Å². The molecule has 4 rings (SSSR count). The molecule has 3 heterocycles. The van der Waals surface area contributed by atoms with Crippen molar-refractivity contribution in [2.24, 2.45) is 0 Å². The fourth-order valence-electron chi connectivity index (χ4n) is 2.11. The van der Waals surface area contributed by atoms with Crippen LogP contribution in [-0.2, 0) is 5.33 Å². The molecule has 0 amide bonds. The van der Waals surface area contributed by atoms with E-state index in [1.54, 1.807) is 11.3 Å². The number of halogens is 1. The van der Waals surface area contributed by atoms with E-state index in [1.165, 1.54) is 4.80 Å². The van der Waals surface area contributed by atoms with Crippen molar-refractivity contribution in [2.75, 3.05) is 0 Å². The van der Waals surface area contributed by atoms with Crippen molar-refractivity contribution in [1.29, 1.82) is 0 Å². The maximum atomic E-state index is 4.57. The number of tetrazole rings is 1. The molecule has 4 aromatic rings. The third-order valence-corrected chi connectivity index (χ3v) is 4.39. The van der Waals surface area contributed by atoms with Gasteiger partial charge in [0.2, 0.25) is 5.82 Å². The van der Waals surface area contributed by atoms with Gasteiger partial charge < -0.3 is 0 Å². The first kappa shape index (κ1) is 12.7. The molecule has 0 saturated heterocycles. The molecule has 0 aliphatic heterocycles. The summed E-state index contributed by atoms with van der Waals surface area (Å²) in [4.78, 5) is 6.97. The van der Waals surface area contributed by atoms with Gasteiger partial charge in [-0.2, -0.15) is 4.98 Å². The number of hydrogen-bond acceptors (Lipinski definition) is 5. The number of nitrogens with zero attached hydrogens (tertiary/aromatic N) is 6. The second kappa shape index (κ2) is 5.05. The molecule has 0 fully saturated rings. The second-order valence-electron chi connectivity index (χ2n) is 4.34. The van der Waals surface area contributed by atoms with E-state index in [4.69, 9.17) is 0 Å². The Labute approximate surface area is 132 Å². The van der Waals surface area contributed by atoms with E-state index in [0.29, 0.717) is 17.0 Å². The minimum Gasteiger partial charge on any atom is -0.291 e.